The second-order valence-electron chi connectivity index (χ2n) is 5.70. The van der Waals surface area contributed by atoms with Crippen LogP contribution in [0.3, 0.4) is 0 Å². The Labute approximate surface area is 128 Å². The lowest BCUT2D eigenvalue weighted by molar-refractivity contribution is 0.0873. The summed E-state index contributed by atoms with van der Waals surface area (Å²) in [7, 11) is 0. The van der Waals surface area contributed by atoms with Crippen molar-refractivity contribution >= 4 is 33.2 Å². The SMILES string of the molecule is CCc1ccsc1C(=O)NC1(CBr)CCCC(C)C1. The van der Waals surface area contributed by atoms with Gasteiger partial charge in [0.25, 0.3) is 5.91 Å². The van der Waals surface area contributed by atoms with Crippen molar-refractivity contribution in [1.29, 1.82) is 0 Å². The number of rotatable bonds is 4. The Balaban J connectivity index is 2.12. The van der Waals surface area contributed by atoms with Gasteiger partial charge in [-0.3, -0.25) is 4.79 Å². The molecule has 1 amide bonds. The van der Waals surface area contributed by atoms with Crippen molar-refractivity contribution in [2.75, 3.05) is 5.33 Å². The zero-order chi connectivity index (χ0) is 13.9. The zero-order valence-electron chi connectivity index (χ0n) is 11.7. The Morgan fingerprint density at radius 1 is 1.63 bits per heavy atom. The second-order valence-corrected chi connectivity index (χ2v) is 7.17. The van der Waals surface area contributed by atoms with Crippen molar-refractivity contribution in [3.63, 3.8) is 0 Å². The quantitative estimate of drug-likeness (QED) is 0.807. The molecular weight excluding hydrogens is 322 g/mol. The lowest BCUT2D eigenvalue weighted by Gasteiger charge is -2.39. The number of alkyl halides is 1. The number of halogens is 1. The minimum Gasteiger partial charge on any atom is -0.345 e. The van der Waals surface area contributed by atoms with Gasteiger partial charge in [-0.15, -0.1) is 11.3 Å². The van der Waals surface area contributed by atoms with E-state index in [1.807, 2.05) is 5.38 Å². The molecular formula is C15H22BrNOS. The van der Waals surface area contributed by atoms with E-state index in [-0.39, 0.29) is 11.4 Å². The number of carbonyl (C=O) groups excluding carboxylic acids is 1. The van der Waals surface area contributed by atoms with Crippen molar-refractivity contribution in [3.8, 4) is 0 Å². The summed E-state index contributed by atoms with van der Waals surface area (Å²) in [5.74, 6) is 0.806. The van der Waals surface area contributed by atoms with Crippen molar-refractivity contribution in [2.24, 2.45) is 5.92 Å². The normalized spacial score (nSPS) is 27.2. The van der Waals surface area contributed by atoms with Gasteiger partial charge in [-0.05, 0) is 42.2 Å². The fourth-order valence-corrected chi connectivity index (χ4v) is 4.58. The van der Waals surface area contributed by atoms with Gasteiger partial charge in [0.15, 0.2) is 0 Å². The average Bonchev–Trinajstić information content (AvgIpc) is 2.87. The van der Waals surface area contributed by atoms with E-state index in [0.717, 1.165) is 35.0 Å². The Morgan fingerprint density at radius 2 is 2.42 bits per heavy atom. The van der Waals surface area contributed by atoms with E-state index in [9.17, 15) is 4.79 Å². The molecule has 1 saturated carbocycles. The highest BCUT2D eigenvalue weighted by molar-refractivity contribution is 9.09. The van der Waals surface area contributed by atoms with Gasteiger partial charge >= 0.3 is 0 Å². The topological polar surface area (TPSA) is 29.1 Å². The standard InChI is InChI=1S/C15H22BrNOS/c1-3-12-6-8-19-13(12)14(18)17-15(10-16)7-4-5-11(2)9-15/h6,8,11H,3-5,7,9-10H2,1-2H3,(H,17,18). The predicted octanol–water partition coefficient (Wildman–Crippen LogP) is 4.38. The van der Waals surface area contributed by atoms with Crippen LogP contribution in [0.2, 0.25) is 0 Å². The fourth-order valence-electron chi connectivity index (χ4n) is 3.04. The summed E-state index contributed by atoms with van der Waals surface area (Å²) in [5.41, 5.74) is 1.11. The first-order valence-corrected chi connectivity index (χ1v) is 9.05. The molecule has 106 valence electrons. The first kappa shape index (κ1) is 15.0. The summed E-state index contributed by atoms with van der Waals surface area (Å²) >= 11 is 5.17. The fraction of sp³-hybridized carbons (Fsp3) is 0.667. The first-order chi connectivity index (χ1) is 9.10. The maximum Gasteiger partial charge on any atom is 0.262 e. The summed E-state index contributed by atoms with van der Waals surface area (Å²) in [6, 6.07) is 2.06. The van der Waals surface area contributed by atoms with E-state index >= 15 is 0 Å². The molecule has 2 rings (SSSR count). The van der Waals surface area contributed by atoms with Gasteiger partial charge < -0.3 is 5.32 Å². The second kappa shape index (κ2) is 6.40. The molecule has 2 atom stereocenters. The zero-order valence-corrected chi connectivity index (χ0v) is 14.1. The van der Waals surface area contributed by atoms with Crippen LogP contribution < -0.4 is 5.32 Å². The van der Waals surface area contributed by atoms with E-state index < -0.39 is 0 Å². The molecule has 0 aromatic carbocycles. The third-order valence-corrected chi connectivity index (χ3v) is 6.09. The van der Waals surface area contributed by atoms with Gasteiger partial charge in [0, 0.05) is 5.33 Å². The molecule has 1 aromatic heterocycles. The maximum absolute atomic E-state index is 12.5. The molecule has 1 heterocycles. The van der Waals surface area contributed by atoms with Gasteiger partial charge in [0.05, 0.1) is 10.4 Å². The van der Waals surface area contributed by atoms with Crippen molar-refractivity contribution in [1.82, 2.24) is 5.32 Å². The van der Waals surface area contributed by atoms with E-state index in [0.29, 0.717) is 5.92 Å². The minimum absolute atomic E-state index is 0.0518. The molecule has 4 heteroatoms. The maximum atomic E-state index is 12.5. The third kappa shape index (κ3) is 3.40. The highest BCUT2D eigenvalue weighted by Crippen LogP contribution is 2.34. The molecule has 1 N–H and O–H groups in total. The summed E-state index contributed by atoms with van der Waals surface area (Å²) in [6.07, 6.45) is 5.57. The monoisotopic (exact) mass is 343 g/mol. The molecule has 1 aliphatic rings. The number of nitrogens with one attached hydrogen (secondary N) is 1. The summed E-state index contributed by atoms with van der Waals surface area (Å²) in [5, 5.41) is 6.18. The largest absolute Gasteiger partial charge is 0.345 e. The highest BCUT2D eigenvalue weighted by Gasteiger charge is 2.36. The average molecular weight is 344 g/mol. The number of amides is 1. The number of hydrogen-bond donors (Lipinski definition) is 1. The van der Waals surface area contributed by atoms with Crippen molar-refractivity contribution in [2.45, 2.75) is 51.5 Å². The lowest BCUT2D eigenvalue weighted by Crippen LogP contribution is -2.52. The smallest absolute Gasteiger partial charge is 0.262 e. The first-order valence-electron chi connectivity index (χ1n) is 7.05. The van der Waals surface area contributed by atoms with Gasteiger partial charge in [-0.25, -0.2) is 0 Å². The summed E-state index contributed by atoms with van der Waals surface area (Å²) in [4.78, 5) is 13.4. The Kier molecular flexibility index (Phi) is 5.07. The number of aryl methyl sites for hydroxylation is 1. The van der Waals surface area contributed by atoms with Gasteiger partial charge in [-0.1, -0.05) is 42.6 Å². The van der Waals surface area contributed by atoms with Crippen LogP contribution in [0.4, 0.5) is 0 Å². The molecule has 19 heavy (non-hydrogen) atoms. The third-order valence-electron chi connectivity index (χ3n) is 4.06. The van der Waals surface area contributed by atoms with Gasteiger partial charge in [0.1, 0.15) is 0 Å². The molecule has 0 bridgehead atoms. The van der Waals surface area contributed by atoms with Crippen LogP contribution in [-0.2, 0) is 6.42 Å². The van der Waals surface area contributed by atoms with Crippen LogP contribution in [0.25, 0.3) is 0 Å². The summed E-state index contributed by atoms with van der Waals surface area (Å²) < 4.78 is 0. The predicted molar refractivity (Wildman–Crippen MR) is 85.3 cm³/mol. The molecule has 0 spiro atoms. The molecule has 2 nitrogen and oxygen atoms in total. The number of hydrogen-bond acceptors (Lipinski definition) is 2. The molecule has 0 radical (unpaired) electrons. The van der Waals surface area contributed by atoms with Crippen molar-refractivity contribution < 1.29 is 4.79 Å². The lowest BCUT2D eigenvalue weighted by atomic mass is 9.77. The number of carbonyl (C=O) groups is 1. The van der Waals surface area contributed by atoms with Crippen LogP contribution in [0.1, 0.15) is 54.8 Å². The highest BCUT2D eigenvalue weighted by atomic mass is 79.9. The van der Waals surface area contributed by atoms with Gasteiger partial charge in [0.2, 0.25) is 0 Å². The van der Waals surface area contributed by atoms with Crippen LogP contribution in [0, 0.1) is 5.92 Å². The van der Waals surface area contributed by atoms with Crippen LogP contribution in [0.15, 0.2) is 11.4 Å². The molecule has 0 aliphatic heterocycles. The molecule has 1 aliphatic carbocycles. The molecule has 1 fully saturated rings. The minimum atomic E-state index is -0.0518. The van der Waals surface area contributed by atoms with E-state index in [1.54, 1.807) is 11.3 Å². The Morgan fingerprint density at radius 3 is 3.05 bits per heavy atom. The van der Waals surface area contributed by atoms with E-state index in [1.165, 1.54) is 12.8 Å². The summed E-state index contributed by atoms with van der Waals surface area (Å²) in [6.45, 7) is 4.38. The molecule has 1 aromatic rings. The van der Waals surface area contributed by atoms with Crippen LogP contribution >= 0.6 is 27.3 Å². The Bertz CT molecular complexity index is 445. The number of thiophene rings is 1. The molecule has 2 unspecified atom stereocenters. The Hall–Kier alpha value is -0.350. The van der Waals surface area contributed by atoms with Gasteiger partial charge in [-0.2, -0.15) is 0 Å². The van der Waals surface area contributed by atoms with E-state index in [4.69, 9.17) is 0 Å². The molecule has 0 saturated heterocycles. The van der Waals surface area contributed by atoms with E-state index in [2.05, 4.69) is 41.2 Å². The van der Waals surface area contributed by atoms with Crippen LogP contribution in [-0.4, -0.2) is 16.8 Å². The van der Waals surface area contributed by atoms with Crippen LogP contribution in [0.5, 0.6) is 0 Å². The van der Waals surface area contributed by atoms with Crippen molar-refractivity contribution in [3.05, 3.63) is 21.9 Å².